The number of amides is 1. The van der Waals surface area contributed by atoms with Gasteiger partial charge in [-0.05, 0) is 31.3 Å². The van der Waals surface area contributed by atoms with E-state index < -0.39 is 54.2 Å². The van der Waals surface area contributed by atoms with Crippen molar-refractivity contribution < 1.29 is 31.3 Å². The van der Waals surface area contributed by atoms with E-state index in [0.717, 1.165) is 36.6 Å². The van der Waals surface area contributed by atoms with Crippen LogP contribution in [0.1, 0.15) is 15.9 Å². The average molecular weight is 486 g/mol. The first-order chi connectivity index (χ1) is 15.3. The molecule has 0 unspecified atom stereocenters. The summed E-state index contributed by atoms with van der Waals surface area (Å²) in [5.41, 5.74) is -2.41. The summed E-state index contributed by atoms with van der Waals surface area (Å²) in [6.07, 6.45) is -3.99. The Hall–Kier alpha value is -3.19. The zero-order valence-corrected chi connectivity index (χ0v) is 18.5. The Bertz CT molecular complexity index is 1190. The Balaban J connectivity index is 1.96. The Kier molecular flexibility index (Phi) is 6.65. The first-order valence-electron chi connectivity index (χ1n) is 9.71. The highest BCUT2D eigenvalue weighted by Gasteiger charge is 2.35. The molecule has 1 aliphatic rings. The van der Waals surface area contributed by atoms with E-state index in [4.69, 9.17) is 0 Å². The van der Waals surface area contributed by atoms with Crippen LogP contribution in [0.5, 0.6) is 0 Å². The van der Waals surface area contributed by atoms with Crippen molar-refractivity contribution in [1.82, 2.24) is 4.90 Å². The smallest absolute Gasteiger partial charge is 0.369 e. The van der Waals surface area contributed by atoms with Gasteiger partial charge in [-0.1, -0.05) is 0 Å². The summed E-state index contributed by atoms with van der Waals surface area (Å²) < 4.78 is 64.9. The molecule has 1 heterocycles. The van der Waals surface area contributed by atoms with E-state index in [1.807, 2.05) is 7.05 Å². The van der Waals surface area contributed by atoms with Crippen molar-refractivity contribution in [3.63, 3.8) is 0 Å². The number of alkyl halides is 3. The minimum absolute atomic E-state index is 0.350. The second kappa shape index (κ2) is 8.98. The lowest BCUT2D eigenvalue weighted by atomic mass is 10.1. The van der Waals surface area contributed by atoms with Gasteiger partial charge in [0, 0.05) is 55.8 Å². The molecule has 3 rings (SSSR count). The van der Waals surface area contributed by atoms with Crippen LogP contribution < -0.4 is 10.2 Å². The van der Waals surface area contributed by atoms with Gasteiger partial charge in [0.05, 0.1) is 21.1 Å². The number of benzene rings is 2. The van der Waals surface area contributed by atoms with E-state index in [0.29, 0.717) is 31.9 Å². The summed E-state index contributed by atoms with van der Waals surface area (Å²) >= 11 is 0. The van der Waals surface area contributed by atoms with Crippen LogP contribution in [0.4, 0.5) is 30.2 Å². The van der Waals surface area contributed by atoms with Gasteiger partial charge in [0.15, 0.2) is 9.84 Å². The van der Waals surface area contributed by atoms with Crippen LogP contribution in [0.15, 0.2) is 41.3 Å². The lowest BCUT2D eigenvalue weighted by Crippen LogP contribution is -2.44. The van der Waals surface area contributed by atoms with Crippen molar-refractivity contribution in [3.05, 3.63) is 57.6 Å². The third-order valence-corrected chi connectivity index (χ3v) is 6.31. The van der Waals surface area contributed by atoms with Crippen molar-refractivity contribution >= 4 is 32.8 Å². The third kappa shape index (κ3) is 5.79. The van der Waals surface area contributed by atoms with Gasteiger partial charge in [-0.2, -0.15) is 13.2 Å². The number of nitrogens with one attached hydrogen (secondary N) is 1. The topological polar surface area (TPSA) is 113 Å². The lowest BCUT2D eigenvalue weighted by molar-refractivity contribution is -0.385. The monoisotopic (exact) mass is 486 g/mol. The number of hydrogen-bond acceptors (Lipinski definition) is 7. The summed E-state index contributed by atoms with van der Waals surface area (Å²) in [5, 5.41) is 13.2. The number of rotatable bonds is 5. The molecule has 9 nitrogen and oxygen atoms in total. The zero-order chi connectivity index (χ0) is 24.6. The molecule has 0 bridgehead atoms. The molecule has 2 aromatic rings. The quantitative estimate of drug-likeness (QED) is 0.511. The predicted octanol–water partition coefficient (Wildman–Crippen LogP) is 3.02. The highest BCUT2D eigenvalue weighted by Crippen LogP contribution is 2.38. The standard InChI is InChI=1S/C20H21F3N4O5S/c1-25-5-7-26(8-6-25)14-3-4-18(17(12-14)20(21,22)23)24-19(28)13-9-15(27(29)30)11-16(10-13)33(2,31)32/h3-4,9-12H,5-8H2,1-2H3,(H,24,28). The van der Waals surface area contributed by atoms with Gasteiger partial charge in [-0.15, -0.1) is 0 Å². The zero-order valence-electron chi connectivity index (χ0n) is 17.7. The van der Waals surface area contributed by atoms with Crippen molar-refractivity contribution in [3.8, 4) is 0 Å². The minimum atomic E-state index is -4.79. The second-order valence-corrected chi connectivity index (χ2v) is 9.73. The number of non-ortho nitro benzene ring substituents is 1. The number of carbonyl (C=O) groups excluding carboxylic acids is 1. The van der Waals surface area contributed by atoms with Crippen LogP contribution >= 0.6 is 0 Å². The van der Waals surface area contributed by atoms with Crippen molar-refractivity contribution in [2.45, 2.75) is 11.1 Å². The van der Waals surface area contributed by atoms with Gasteiger partial charge in [-0.3, -0.25) is 14.9 Å². The summed E-state index contributed by atoms with van der Waals surface area (Å²) in [7, 11) is -2.00. The molecular weight excluding hydrogens is 465 g/mol. The van der Waals surface area contributed by atoms with E-state index in [9.17, 15) is 36.5 Å². The van der Waals surface area contributed by atoms with Gasteiger partial charge in [0.2, 0.25) is 0 Å². The maximum Gasteiger partial charge on any atom is 0.418 e. The molecule has 1 fully saturated rings. The number of hydrogen-bond donors (Lipinski definition) is 1. The predicted molar refractivity (Wildman–Crippen MR) is 115 cm³/mol. The molecule has 1 aliphatic heterocycles. The number of piperazine rings is 1. The summed E-state index contributed by atoms with van der Waals surface area (Å²) in [6.45, 7) is 2.47. The molecule has 2 aromatic carbocycles. The fourth-order valence-electron chi connectivity index (χ4n) is 3.37. The molecule has 33 heavy (non-hydrogen) atoms. The summed E-state index contributed by atoms with van der Waals surface area (Å²) in [6, 6.07) is 5.96. The molecule has 1 N–H and O–H groups in total. The molecular formula is C20H21F3N4O5S. The fourth-order valence-corrected chi connectivity index (χ4v) is 4.04. The largest absolute Gasteiger partial charge is 0.418 e. The molecule has 1 amide bonds. The molecule has 0 spiro atoms. The van der Waals surface area contributed by atoms with E-state index in [1.54, 1.807) is 4.90 Å². The number of halogens is 3. The van der Waals surface area contributed by atoms with Crippen LogP contribution in [0.3, 0.4) is 0 Å². The number of sulfone groups is 1. The highest BCUT2D eigenvalue weighted by atomic mass is 32.2. The van der Waals surface area contributed by atoms with E-state index in [-0.39, 0.29) is 0 Å². The van der Waals surface area contributed by atoms with E-state index >= 15 is 0 Å². The SMILES string of the molecule is CN1CCN(c2ccc(NC(=O)c3cc([N+](=O)[O-])cc(S(C)(=O)=O)c3)c(C(F)(F)F)c2)CC1. The van der Waals surface area contributed by atoms with Gasteiger partial charge in [0.25, 0.3) is 11.6 Å². The maximum absolute atomic E-state index is 13.8. The maximum atomic E-state index is 13.8. The van der Waals surface area contributed by atoms with Crippen LogP contribution in [0.25, 0.3) is 0 Å². The number of carbonyl (C=O) groups is 1. The van der Waals surface area contributed by atoms with Crippen LogP contribution in [0, 0.1) is 10.1 Å². The lowest BCUT2D eigenvalue weighted by Gasteiger charge is -2.34. The summed E-state index contributed by atoms with van der Waals surface area (Å²) in [5.74, 6) is -1.11. The Morgan fingerprint density at radius 3 is 2.27 bits per heavy atom. The molecule has 0 aliphatic carbocycles. The van der Waals surface area contributed by atoms with E-state index in [1.165, 1.54) is 6.07 Å². The molecule has 13 heteroatoms. The van der Waals surface area contributed by atoms with Crippen LogP contribution in [-0.4, -0.2) is 63.6 Å². The van der Waals surface area contributed by atoms with Crippen molar-refractivity contribution in [2.75, 3.05) is 49.7 Å². The molecule has 0 radical (unpaired) electrons. The van der Waals surface area contributed by atoms with Gasteiger partial charge in [0.1, 0.15) is 0 Å². The molecule has 0 aromatic heterocycles. The number of nitro groups is 1. The third-order valence-electron chi connectivity index (χ3n) is 5.22. The average Bonchev–Trinajstić information content (AvgIpc) is 2.73. The Labute approximate surface area is 187 Å². The summed E-state index contributed by atoms with van der Waals surface area (Å²) in [4.78, 5) is 26.3. The van der Waals surface area contributed by atoms with E-state index in [2.05, 4.69) is 10.2 Å². The molecule has 178 valence electrons. The molecule has 0 saturated carbocycles. The number of nitrogens with zero attached hydrogens (tertiary/aromatic N) is 3. The van der Waals surface area contributed by atoms with Crippen LogP contribution in [0.2, 0.25) is 0 Å². The first kappa shape index (κ1) is 24.5. The second-order valence-electron chi connectivity index (χ2n) is 7.72. The van der Waals surface area contributed by atoms with Gasteiger partial charge in [-0.25, -0.2) is 8.42 Å². The number of likely N-dealkylation sites (N-methyl/N-ethyl adjacent to an activating group) is 1. The molecule has 0 atom stereocenters. The number of anilines is 2. The van der Waals surface area contributed by atoms with Crippen molar-refractivity contribution in [1.29, 1.82) is 0 Å². The van der Waals surface area contributed by atoms with Crippen LogP contribution in [-0.2, 0) is 16.0 Å². The highest BCUT2D eigenvalue weighted by molar-refractivity contribution is 7.90. The minimum Gasteiger partial charge on any atom is -0.369 e. The Morgan fingerprint density at radius 2 is 1.73 bits per heavy atom. The normalized spacial score (nSPS) is 15.4. The fraction of sp³-hybridized carbons (Fsp3) is 0.350. The first-order valence-corrected chi connectivity index (χ1v) is 11.6. The van der Waals surface area contributed by atoms with Gasteiger partial charge < -0.3 is 15.1 Å². The number of nitro benzene ring substituents is 1. The van der Waals surface area contributed by atoms with Crippen molar-refractivity contribution in [2.24, 2.45) is 0 Å². The van der Waals surface area contributed by atoms with Gasteiger partial charge >= 0.3 is 6.18 Å². The molecule has 1 saturated heterocycles. The Morgan fingerprint density at radius 1 is 1.09 bits per heavy atom.